The highest BCUT2D eigenvalue weighted by Gasteiger charge is 2.33. The zero-order valence-electron chi connectivity index (χ0n) is 13.2. The van der Waals surface area contributed by atoms with Crippen molar-refractivity contribution >= 4 is 34.3 Å². The monoisotopic (exact) mass is 334 g/mol. The summed E-state index contributed by atoms with van der Waals surface area (Å²) >= 11 is 6.26. The van der Waals surface area contributed by atoms with E-state index in [-0.39, 0.29) is 24.2 Å². The van der Waals surface area contributed by atoms with E-state index in [1.807, 2.05) is 32.2 Å². The minimum Gasteiger partial charge on any atom is -0.350 e. The first-order valence-corrected chi connectivity index (χ1v) is 8.04. The number of carbonyl (C=O) groups is 2. The van der Waals surface area contributed by atoms with Gasteiger partial charge >= 0.3 is 0 Å². The number of hydrogen-bond donors (Lipinski definition) is 1. The molecule has 2 aromatic rings. The van der Waals surface area contributed by atoms with Crippen LogP contribution in [0.3, 0.4) is 0 Å². The fourth-order valence-electron chi connectivity index (χ4n) is 3.05. The largest absolute Gasteiger partial charge is 0.350 e. The Labute approximate surface area is 139 Å². The standard InChI is InChI=1S/C16H19ClN4O2/c1-3-21-9-10(7-14(21)22)16(23)18-8-12-15-11(17)5-4-6-13(15)20(2)19-12/h4-6,10H,3,7-9H2,1-2H3,(H,18,23)/t10-/m1/s1. The van der Waals surface area contributed by atoms with Gasteiger partial charge in [-0.1, -0.05) is 17.7 Å². The molecule has 23 heavy (non-hydrogen) atoms. The average molecular weight is 335 g/mol. The summed E-state index contributed by atoms with van der Waals surface area (Å²) in [4.78, 5) is 25.7. The number of halogens is 1. The summed E-state index contributed by atoms with van der Waals surface area (Å²) in [6.45, 7) is 3.35. The lowest BCUT2D eigenvalue weighted by Crippen LogP contribution is -2.32. The molecule has 1 aromatic heterocycles. The maximum absolute atomic E-state index is 12.3. The Morgan fingerprint density at radius 3 is 2.96 bits per heavy atom. The number of nitrogens with zero attached hydrogens (tertiary/aromatic N) is 3. The van der Waals surface area contributed by atoms with E-state index in [1.165, 1.54) is 0 Å². The first-order valence-electron chi connectivity index (χ1n) is 7.66. The molecule has 3 rings (SSSR count). The van der Waals surface area contributed by atoms with Crippen LogP contribution in [0.15, 0.2) is 18.2 Å². The van der Waals surface area contributed by atoms with Gasteiger partial charge in [-0.3, -0.25) is 14.3 Å². The fourth-order valence-corrected chi connectivity index (χ4v) is 3.32. The predicted molar refractivity (Wildman–Crippen MR) is 87.9 cm³/mol. The van der Waals surface area contributed by atoms with Crippen LogP contribution in [-0.2, 0) is 23.2 Å². The van der Waals surface area contributed by atoms with Crippen LogP contribution >= 0.6 is 11.6 Å². The number of aromatic nitrogens is 2. The zero-order valence-corrected chi connectivity index (χ0v) is 13.9. The fraction of sp³-hybridized carbons (Fsp3) is 0.438. The lowest BCUT2D eigenvalue weighted by atomic mass is 10.1. The van der Waals surface area contributed by atoms with Gasteiger partial charge in [0.2, 0.25) is 11.8 Å². The third kappa shape index (κ3) is 2.91. The van der Waals surface area contributed by atoms with Gasteiger partial charge in [-0.15, -0.1) is 0 Å². The van der Waals surface area contributed by atoms with Crippen molar-refractivity contribution in [2.75, 3.05) is 13.1 Å². The van der Waals surface area contributed by atoms with Crippen LogP contribution in [0.1, 0.15) is 19.0 Å². The van der Waals surface area contributed by atoms with Gasteiger partial charge in [0, 0.05) is 31.9 Å². The van der Waals surface area contributed by atoms with Crippen LogP contribution in [0.5, 0.6) is 0 Å². The maximum atomic E-state index is 12.3. The van der Waals surface area contributed by atoms with Gasteiger partial charge in [0.25, 0.3) is 0 Å². The van der Waals surface area contributed by atoms with Crippen molar-refractivity contribution in [2.45, 2.75) is 19.9 Å². The summed E-state index contributed by atoms with van der Waals surface area (Å²) < 4.78 is 1.75. The molecule has 0 saturated carbocycles. The second-order valence-electron chi connectivity index (χ2n) is 5.76. The van der Waals surface area contributed by atoms with Crippen molar-refractivity contribution in [1.29, 1.82) is 0 Å². The smallest absolute Gasteiger partial charge is 0.225 e. The molecule has 2 heterocycles. The molecule has 1 saturated heterocycles. The van der Waals surface area contributed by atoms with Crippen molar-refractivity contribution in [2.24, 2.45) is 13.0 Å². The van der Waals surface area contributed by atoms with Gasteiger partial charge in [0.15, 0.2) is 0 Å². The summed E-state index contributed by atoms with van der Waals surface area (Å²) in [5.41, 5.74) is 1.66. The van der Waals surface area contributed by atoms with E-state index in [0.29, 0.717) is 24.7 Å². The molecule has 1 fully saturated rings. The minimum atomic E-state index is -0.284. The van der Waals surface area contributed by atoms with Gasteiger partial charge in [-0.05, 0) is 19.1 Å². The normalized spacial score (nSPS) is 18.0. The van der Waals surface area contributed by atoms with Crippen LogP contribution in [0.25, 0.3) is 10.9 Å². The maximum Gasteiger partial charge on any atom is 0.225 e. The SMILES string of the molecule is CCN1C[C@H](C(=O)NCc2nn(C)c3cccc(Cl)c23)CC1=O. The highest BCUT2D eigenvalue weighted by Crippen LogP contribution is 2.26. The van der Waals surface area contributed by atoms with Gasteiger partial charge in [-0.2, -0.15) is 5.10 Å². The molecule has 0 unspecified atom stereocenters. The van der Waals surface area contributed by atoms with Crippen LogP contribution in [-0.4, -0.2) is 39.6 Å². The van der Waals surface area contributed by atoms with Crippen molar-refractivity contribution in [3.05, 3.63) is 28.9 Å². The van der Waals surface area contributed by atoms with E-state index >= 15 is 0 Å². The Hall–Kier alpha value is -2.08. The molecule has 1 atom stereocenters. The molecule has 1 N–H and O–H groups in total. The number of benzene rings is 1. The Kier molecular flexibility index (Phi) is 4.26. The van der Waals surface area contributed by atoms with Crippen molar-refractivity contribution in [1.82, 2.24) is 20.0 Å². The third-order valence-corrected chi connectivity index (χ3v) is 4.61. The summed E-state index contributed by atoms with van der Waals surface area (Å²) in [6.07, 6.45) is 0.281. The molecule has 0 spiro atoms. The second-order valence-corrected chi connectivity index (χ2v) is 6.16. The Balaban J connectivity index is 1.72. The minimum absolute atomic E-state index is 0.0407. The number of fused-ring (bicyclic) bond motifs is 1. The molecule has 1 aliphatic rings. The lowest BCUT2D eigenvalue weighted by Gasteiger charge is -2.13. The van der Waals surface area contributed by atoms with Crippen LogP contribution < -0.4 is 5.32 Å². The van der Waals surface area contributed by atoms with Gasteiger partial charge in [-0.25, -0.2) is 0 Å². The molecular formula is C16H19ClN4O2. The van der Waals surface area contributed by atoms with Crippen LogP contribution in [0, 0.1) is 5.92 Å². The molecule has 0 bridgehead atoms. The number of rotatable bonds is 4. The number of carbonyl (C=O) groups excluding carboxylic acids is 2. The Bertz CT molecular complexity index is 771. The van der Waals surface area contributed by atoms with Crippen LogP contribution in [0.4, 0.5) is 0 Å². The zero-order chi connectivity index (χ0) is 16.6. The van der Waals surface area contributed by atoms with Crippen LogP contribution in [0.2, 0.25) is 5.02 Å². The number of likely N-dealkylation sites (tertiary alicyclic amines) is 1. The molecule has 0 radical (unpaired) electrons. The Morgan fingerprint density at radius 2 is 2.26 bits per heavy atom. The number of hydrogen-bond acceptors (Lipinski definition) is 3. The summed E-state index contributed by atoms with van der Waals surface area (Å²) in [5, 5.41) is 8.80. The van der Waals surface area contributed by atoms with E-state index in [1.54, 1.807) is 9.58 Å². The average Bonchev–Trinajstić information content (AvgIpc) is 3.06. The van der Waals surface area contributed by atoms with Gasteiger partial charge < -0.3 is 10.2 Å². The van der Waals surface area contributed by atoms with Crippen molar-refractivity contribution < 1.29 is 9.59 Å². The van der Waals surface area contributed by atoms with E-state index in [9.17, 15) is 9.59 Å². The highest BCUT2D eigenvalue weighted by atomic mass is 35.5. The first kappa shape index (κ1) is 15.8. The molecule has 6 nitrogen and oxygen atoms in total. The number of nitrogens with one attached hydrogen (secondary N) is 1. The lowest BCUT2D eigenvalue weighted by molar-refractivity contribution is -0.128. The van der Waals surface area contributed by atoms with Gasteiger partial charge in [0.1, 0.15) is 0 Å². The molecule has 1 aromatic carbocycles. The van der Waals surface area contributed by atoms with E-state index in [2.05, 4.69) is 10.4 Å². The Morgan fingerprint density at radius 1 is 1.48 bits per heavy atom. The molecule has 0 aliphatic carbocycles. The van der Waals surface area contributed by atoms with E-state index in [4.69, 9.17) is 11.6 Å². The second kappa shape index (κ2) is 6.20. The predicted octanol–water partition coefficient (Wildman–Crippen LogP) is 1.71. The summed E-state index contributed by atoms with van der Waals surface area (Å²) in [7, 11) is 1.85. The van der Waals surface area contributed by atoms with Gasteiger partial charge in [0.05, 0.1) is 28.7 Å². The van der Waals surface area contributed by atoms with E-state index < -0.39 is 0 Å². The quantitative estimate of drug-likeness (QED) is 0.925. The molecule has 7 heteroatoms. The highest BCUT2D eigenvalue weighted by molar-refractivity contribution is 6.35. The molecule has 2 amide bonds. The number of amides is 2. The van der Waals surface area contributed by atoms with Crippen molar-refractivity contribution in [3.8, 4) is 0 Å². The summed E-state index contributed by atoms with van der Waals surface area (Å²) in [5.74, 6) is -0.355. The topological polar surface area (TPSA) is 67.2 Å². The number of aryl methyl sites for hydroxylation is 1. The van der Waals surface area contributed by atoms with Crippen molar-refractivity contribution in [3.63, 3.8) is 0 Å². The molecular weight excluding hydrogens is 316 g/mol. The molecule has 1 aliphatic heterocycles. The summed E-state index contributed by atoms with van der Waals surface area (Å²) in [6, 6.07) is 5.62. The first-order chi connectivity index (χ1) is 11.0. The third-order valence-electron chi connectivity index (χ3n) is 4.30. The molecule has 122 valence electrons. The van der Waals surface area contributed by atoms with E-state index in [0.717, 1.165) is 16.6 Å².